The van der Waals surface area contributed by atoms with Gasteiger partial charge in [-0.25, -0.2) is 4.39 Å². The third kappa shape index (κ3) is 11.9. The van der Waals surface area contributed by atoms with Gasteiger partial charge in [-0.1, -0.05) is 48.6 Å². The Morgan fingerprint density at radius 2 is 1.85 bits per heavy atom. The number of carbonyl (C=O) groups is 1. The molecule has 0 saturated heterocycles. The van der Waals surface area contributed by atoms with Crippen molar-refractivity contribution in [2.75, 3.05) is 32.1 Å². The predicted octanol–water partition coefficient (Wildman–Crippen LogP) is 6.84. The summed E-state index contributed by atoms with van der Waals surface area (Å²) in [5.41, 5.74) is 5.97. The van der Waals surface area contributed by atoms with Gasteiger partial charge >= 0.3 is 0 Å². The molecule has 1 heterocycles. The number of nitrogens with one attached hydrogen (secondary N) is 1. The second-order valence-electron chi connectivity index (χ2n) is 9.41. The average molecular weight is 549 g/mol. The van der Waals surface area contributed by atoms with Gasteiger partial charge in [-0.2, -0.15) is 0 Å². The third-order valence-corrected chi connectivity index (χ3v) is 6.24. The smallest absolute Gasteiger partial charge is 0.124 e. The second-order valence-corrected chi connectivity index (χ2v) is 9.41. The van der Waals surface area contributed by atoms with E-state index in [0.29, 0.717) is 24.9 Å². The van der Waals surface area contributed by atoms with Crippen molar-refractivity contribution in [1.29, 1.82) is 0 Å². The van der Waals surface area contributed by atoms with Gasteiger partial charge in [0.1, 0.15) is 18.7 Å². The van der Waals surface area contributed by atoms with Crippen molar-refractivity contribution in [1.82, 2.24) is 4.90 Å². The maximum absolute atomic E-state index is 13.6. The van der Waals surface area contributed by atoms with Gasteiger partial charge in [0.25, 0.3) is 0 Å². The van der Waals surface area contributed by atoms with E-state index >= 15 is 0 Å². The zero-order chi connectivity index (χ0) is 29.8. The first-order valence-corrected chi connectivity index (χ1v) is 13.6. The second kappa shape index (κ2) is 20.1. The Kier molecular flexibility index (Phi) is 17.2. The maximum Gasteiger partial charge on any atom is 0.124 e. The van der Waals surface area contributed by atoms with Crippen LogP contribution < -0.4 is 5.32 Å². The Bertz CT molecular complexity index is 1120. The van der Waals surface area contributed by atoms with Crippen LogP contribution in [0, 0.1) is 12.8 Å². The van der Waals surface area contributed by atoms with Crippen LogP contribution in [-0.2, 0) is 22.6 Å². The molecule has 1 aliphatic carbocycles. The predicted molar refractivity (Wildman–Crippen MR) is 165 cm³/mol. The number of aliphatic hydroxyl groups is 1. The fraction of sp³-hybridized carbons (Fsp3) is 0.382. The molecular weight excluding hydrogens is 503 g/mol. The zero-order valence-electron chi connectivity index (χ0n) is 24.4. The largest absolute Gasteiger partial charge is 0.491 e. The summed E-state index contributed by atoms with van der Waals surface area (Å²) >= 11 is 0. The zero-order valence-corrected chi connectivity index (χ0v) is 24.4. The summed E-state index contributed by atoms with van der Waals surface area (Å²) in [5, 5.41) is 10.4. The monoisotopic (exact) mass is 548 g/mol. The van der Waals surface area contributed by atoms with Crippen LogP contribution in [0.3, 0.4) is 0 Å². The van der Waals surface area contributed by atoms with Gasteiger partial charge < -0.3 is 24.9 Å². The lowest BCUT2D eigenvalue weighted by molar-refractivity contribution is -0.107. The summed E-state index contributed by atoms with van der Waals surface area (Å²) < 4.78 is 19.9. The molecular formula is C34H45FN2O3. The number of aldehydes is 1. The van der Waals surface area contributed by atoms with E-state index in [2.05, 4.69) is 92.4 Å². The van der Waals surface area contributed by atoms with E-state index in [1.807, 2.05) is 18.2 Å². The van der Waals surface area contributed by atoms with Crippen molar-refractivity contribution in [3.05, 3.63) is 101 Å². The van der Waals surface area contributed by atoms with Crippen molar-refractivity contribution in [3.63, 3.8) is 0 Å². The van der Waals surface area contributed by atoms with E-state index in [0.717, 1.165) is 61.9 Å². The Morgan fingerprint density at radius 1 is 1.10 bits per heavy atom. The summed E-state index contributed by atoms with van der Waals surface area (Å²) in [4.78, 5) is 13.1. The topological polar surface area (TPSA) is 61.8 Å². The summed E-state index contributed by atoms with van der Waals surface area (Å²) in [6.07, 6.45) is 29.1. The Morgan fingerprint density at radius 3 is 2.55 bits per heavy atom. The fourth-order valence-corrected chi connectivity index (χ4v) is 4.26. The molecule has 3 rings (SSSR count). The highest BCUT2D eigenvalue weighted by molar-refractivity contribution is 5.53. The van der Waals surface area contributed by atoms with E-state index in [9.17, 15) is 9.18 Å². The van der Waals surface area contributed by atoms with Gasteiger partial charge in [0.15, 0.2) is 0 Å². The summed E-state index contributed by atoms with van der Waals surface area (Å²) in [7, 11) is 1.00. The highest BCUT2D eigenvalue weighted by atomic mass is 19.1. The highest BCUT2D eigenvalue weighted by Gasteiger charge is 2.16. The van der Waals surface area contributed by atoms with Crippen molar-refractivity contribution in [2.24, 2.45) is 0 Å². The number of aryl methyl sites for hydroxylation is 1. The molecule has 0 saturated carbocycles. The number of aliphatic hydroxyl groups excluding tert-OH is 1. The number of terminal acetylenes is 1. The number of rotatable bonds is 11. The summed E-state index contributed by atoms with van der Waals surface area (Å²) in [5.74, 6) is 0.902. The van der Waals surface area contributed by atoms with Gasteiger partial charge in [-0.05, 0) is 74.9 Å². The van der Waals surface area contributed by atoms with Crippen LogP contribution in [0.25, 0.3) is 0 Å². The van der Waals surface area contributed by atoms with Gasteiger partial charge in [-0.15, -0.1) is 12.8 Å². The number of allylic oxidation sites excluding steroid dienone is 7. The Hall–Kier alpha value is -3.82. The van der Waals surface area contributed by atoms with Crippen molar-refractivity contribution < 1.29 is 19.0 Å². The number of hydrogen-bond donors (Lipinski definition) is 2. The molecule has 0 aromatic heterocycles. The minimum Gasteiger partial charge on any atom is -0.491 e. The molecule has 5 nitrogen and oxygen atoms in total. The molecule has 1 aromatic carbocycles. The molecule has 40 heavy (non-hydrogen) atoms. The van der Waals surface area contributed by atoms with Crippen molar-refractivity contribution in [3.8, 4) is 12.8 Å². The van der Waals surface area contributed by atoms with Crippen LogP contribution >= 0.6 is 0 Å². The molecule has 0 atom stereocenters. The number of anilines is 1. The molecule has 0 unspecified atom stereocenters. The lowest BCUT2D eigenvalue weighted by Gasteiger charge is -2.27. The van der Waals surface area contributed by atoms with Crippen LogP contribution in [0.5, 0.6) is 0 Å². The first-order chi connectivity index (χ1) is 19.5. The SMILES string of the molecule is C#C.C/C1=C/C/C=C\C=C/CN1CC1=CCC=C(CNc2ccc(CCC=O)c(CF)c2)C=C1OC(C)C.CO. The van der Waals surface area contributed by atoms with Crippen LogP contribution in [0.1, 0.15) is 51.2 Å². The average Bonchev–Trinajstić information content (AvgIpc) is 3.09. The summed E-state index contributed by atoms with van der Waals surface area (Å²) in [6.45, 7) is 7.97. The molecule has 2 aliphatic rings. The molecule has 216 valence electrons. The number of halogens is 1. The van der Waals surface area contributed by atoms with E-state index in [1.54, 1.807) is 0 Å². The first-order valence-electron chi connectivity index (χ1n) is 13.6. The minimum absolute atomic E-state index is 0.0641. The standard InChI is InChI=1S/C31H39FN2O2.C2H2.CH4O/c1-24(2)36-31-19-26(22-33-30-16-15-27(14-10-18-35)29(20-30)21-32)12-9-13-28(31)23-34-17-8-6-4-5-7-11-25(34)3;2*1-2/h4-6,8,11-13,15-16,18-20,24,33H,7,9-10,14,17,21-23H2,1-3H3;1-2H;2H,1H3/b5-4-,8-6-,25-11-;;. The number of benzene rings is 1. The van der Waals surface area contributed by atoms with Crippen LogP contribution in [0.15, 0.2) is 89.4 Å². The van der Waals surface area contributed by atoms with Gasteiger partial charge in [0.05, 0.1) is 6.10 Å². The first kappa shape index (κ1) is 34.2. The number of carbonyl (C=O) groups excluding carboxylic acids is 1. The van der Waals surface area contributed by atoms with E-state index in [-0.39, 0.29) is 6.10 Å². The molecule has 0 fully saturated rings. The number of ether oxygens (including phenoxy) is 1. The summed E-state index contributed by atoms with van der Waals surface area (Å²) in [6, 6.07) is 5.71. The number of alkyl halides is 1. The molecule has 1 aromatic rings. The lowest BCUT2D eigenvalue weighted by Crippen LogP contribution is -2.26. The number of nitrogens with zero attached hydrogens (tertiary/aromatic N) is 1. The van der Waals surface area contributed by atoms with Crippen LogP contribution in [-0.4, -0.2) is 49.1 Å². The molecule has 0 radical (unpaired) electrons. The molecule has 2 N–H and O–H groups in total. The third-order valence-electron chi connectivity index (χ3n) is 6.24. The van der Waals surface area contributed by atoms with Crippen molar-refractivity contribution >= 4 is 12.0 Å². The Labute approximate surface area is 240 Å². The van der Waals surface area contributed by atoms with Gasteiger partial charge in [0, 0.05) is 50.1 Å². The van der Waals surface area contributed by atoms with E-state index < -0.39 is 6.67 Å². The van der Waals surface area contributed by atoms with Gasteiger partial charge in [-0.3, -0.25) is 0 Å². The molecule has 0 amide bonds. The molecule has 6 heteroatoms. The fourth-order valence-electron chi connectivity index (χ4n) is 4.26. The van der Waals surface area contributed by atoms with Crippen LogP contribution in [0.4, 0.5) is 10.1 Å². The molecule has 0 spiro atoms. The van der Waals surface area contributed by atoms with Crippen molar-refractivity contribution in [2.45, 2.75) is 59.2 Å². The molecule has 0 bridgehead atoms. The van der Waals surface area contributed by atoms with E-state index in [1.165, 1.54) is 11.3 Å². The van der Waals surface area contributed by atoms with Crippen LogP contribution in [0.2, 0.25) is 0 Å². The lowest BCUT2D eigenvalue weighted by atomic mass is 10.0. The highest BCUT2D eigenvalue weighted by Crippen LogP contribution is 2.25. The van der Waals surface area contributed by atoms with E-state index in [4.69, 9.17) is 9.84 Å². The van der Waals surface area contributed by atoms with Gasteiger partial charge in [0.2, 0.25) is 0 Å². The maximum atomic E-state index is 13.6. The molecule has 1 aliphatic heterocycles. The Balaban J connectivity index is 0.00000191. The minimum atomic E-state index is -0.540. The normalized spacial score (nSPS) is 17.7. The number of hydrogen-bond acceptors (Lipinski definition) is 5. The quantitative estimate of drug-likeness (QED) is 0.234.